The van der Waals surface area contributed by atoms with Crippen LogP contribution in [-0.4, -0.2) is 28.9 Å². The second-order valence-electron chi connectivity index (χ2n) is 5.10. The van der Waals surface area contributed by atoms with Gasteiger partial charge in [-0.25, -0.2) is 0 Å². The maximum Gasteiger partial charge on any atom is 0.240 e. The minimum absolute atomic E-state index is 0.0246. The van der Waals surface area contributed by atoms with Gasteiger partial charge in [-0.15, -0.1) is 0 Å². The van der Waals surface area contributed by atoms with Crippen LogP contribution in [0.1, 0.15) is 39.0 Å². The Morgan fingerprint density at radius 2 is 2.19 bits per heavy atom. The first kappa shape index (κ1) is 11.4. The smallest absolute Gasteiger partial charge is 0.240 e. The molecule has 0 bridgehead atoms. The summed E-state index contributed by atoms with van der Waals surface area (Å²) in [6.07, 6.45) is 4.91. The zero-order valence-corrected chi connectivity index (χ0v) is 9.72. The van der Waals surface area contributed by atoms with E-state index in [0.717, 1.165) is 19.3 Å². The average Bonchev–Trinajstić information content (AvgIpc) is 2.99. The van der Waals surface area contributed by atoms with Gasteiger partial charge in [0.15, 0.2) is 0 Å². The summed E-state index contributed by atoms with van der Waals surface area (Å²) < 4.78 is 0. The molecule has 1 saturated heterocycles. The van der Waals surface area contributed by atoms with E-state index in [-0.39, 0.29) is 18.0 Å². The van der Waals surface area contributed by atoms with Gasteiger partial charge in [0, 0.05) is 6.04 Å². The van der Waals surface area contributed by atoms with E-state index in [0.29, 0.717) is 5.92 Å². The second kappa shape index (κ2) is 4.42. The Morgan fingerprint density at radius 3 is 2.75 bits per heavy atom. The highest BCUT2D eigenvalue weighted by molar-refractivity contribution is 5.82. The van der Waals surface area contributed by atoms with Crippen molar-refractivity contribution in [3.8, 4) is 6.07 Å². The van der Waals surface area contributed by atoms with Gasteiger partial charge in [-0.3, -0.25) is 4.79 Å². The van der Waals surface area contributed by atoms with E-state index < -0.39 is 6.04 Å². The molecule has 1 aliphatic heterocycles. The summed E-state index contributed by atoms with van der Waals surface area (Å²) in [4.78, 5) is 13.8. The summed E-state index contributed by atoms with van der Waals surface area (Å²) in [7, 11) is 0. The van der Waals surface area contributed by atoms with E-state index in [1.165, 1.54) is 12.8 Å². The number of carbonyl (C=O) groups excluding carboxylic acids is 1. The normalized spacial score (nSPS) is 31.2. The third kappa shape index (κ3) is 2.19. The monoisotopic (exact) mass is 221 g/mol. The van der Waals surface area contributed by atoms with Gasteiger partial charge >= 0.3 is 0 Å². The summed E-state index contributed by atoms with van der Waals surface area (Å²) in [5.41, 5.74) is 5.92. The fraction of sp³-hybridized carbons (Fsp3) is 0.833. The van der Waals surface area contributed by atoms with Crippen molar-refractivity contribution in [2.75, 3.05) is 0 Å². The first-order valence-electron chi connectivity index (χ1n) is 6.11. The highest BCUT2D eigenvalue weighted by atomic mass is 16.2. The Balaban J connectivity index is 1.98. The lowest BCUT2D eigenvalue weighted by Gasteiger charge is -2.27. The SMILES string of the molecule is CC1CCC(C#N)N1C(=O)[C@@H](N)CC1CC1. The molecule has 0 radical (unpaired) electrons. The number of hydrogen-bond acceptors (Lipinski definition) is 3. The van der Waals surface area contributed by atoms with Crippen molar-refractivity contribution in [1.82, 2.24) is 4.90 Å². The summed E-state index contributed by atoms with van der Waals surface area (Å²) in [6, 6.07) is 1.71. The molecule has 4 heteroatoms. The number of amides is 1. The third-order valence-corrected chi connectivity index (χ3v) is 3.67. The molecule has 0 aromatic carbocycles. The van der Waals surface area contributed by atoms with E-state index in [1.54, 1.807) is 4.90 Å². The molecule has 1 saturated carbocycles. The van der Waals surface area contributed by atoms with Crippen LogP contribution in [0, 0.1) is 17.2 Å². The molecule has 2 fully saturated rings. The minimum atomic E-state index is -0.399. The molecule has 1 heterocycles. The van der Waals surface area contributed by atoms with Crippen LogP contribution in [0.5, 0.6) is 0 Å². The molecule has 4 nitrogen and oxygen atoms in total. The number of nitrogens with zero attached hydrogens (tertiary/aromatic N) is 2. The molecule has 1 aliphatic carbocycles. The summed E-state index contributed by atoms with van der Waals surface area (Å²) >= 11 is 0. The number of hydrogen-bond donors (Lipinski definition) is 1. The molecule has 2 aliphatic rings. The molecule has 0 aromatic heterocycles. The number of rotatable bonds is 3. The number of carbonyl (C=O) groups is 1. The highest BCUT2D eigenvalue weighted by Gasteiger charge is 2.38. The Labute approximate surface area is 96.4 Å². The zero-order valence-electron chi connectivity index (χ0n) is 9.72. The predicted octanol–water partition coefficient (Wildman–Crippen LogP) is 1.02. The van der Waals surface area contributed by atoms with Crippen molar-refractivity contribution in [2.45, 2.75) is 57.2 Å². The lowest BCUT2D eigenvalue weighted by molar-refractivity contribution is -0.134. The lowest BCUT2D eigenvalue weighted by atomic mass is 10.1. The van der Waals surface area contributed by atoms with Crippen molar-refractivity contribution >= 4 is 5.91 Å². The molecule has 1 amide bonds. The fourth-order valence-corrected chi connectivity index (χ4v) is 2.49. The van der Waals surface area contributed by atoms with Crippen LogP contribution < -0.4 is 5.73 Å². The van der Waals surface area contributed by atoms with E-state index >= 15 is 0 Å². The zero-order chi connectivity index (χ0) is 11.7. The second-order valence-corrected chi connectivity index (χ2v) is 5.10. The summed E-state index contributed by atoms with van der Waals surface area (Å²) in [5, 5.41) is 8.99. The van der Waals surface area contributed by atoms with E-state index in [9.17, 15) is 4.79 Å². The molecule has 88 valence electrons. The van der Waals surface area contributed by atoms with Crippen LogP contribution >= 0.6 is 0 Å². The Bertz CT molecular complexity index is 319. The molecular formula is C12H19N3O. The van der Waals surface area contributed by atoms with Gasteiger partial charge in [0.05, 0.1) is 12.1 Å². The van der Waals surface area contributed by atoms with Crippen molar-refractivity contribution in [1.29, 1.82) is 5.26 Å². The first-order chi connectivity index (χ1) is 7.63. The van der Waals surface area contributed by atoms with Crippen molar-refractivity contribution < 1.29 is 4.79 Å². The van der Waals surface area contributed by atoms with E-state index in [4.69, 9.17) is 11.0 Å². The van der Waals surface area contributed by atoms with Gasteiger partial charge < -0.3 is 10.6 Å². The first-order valence-corrected chi connectivity index (χ1v) is 6.11. The molecule has 2 rings (SSSR count). The number of likely N-dealkylation sites (tertiary alicyclic amines) is 1. The number of nitrogens with two attached hydrogens (primary N) is 1. The van der Waals surface area contributed by atoms with Gasteiger partial charge in [0.25, 0.3) is 0 Å². The van der Waals surface area contributed by atoms with E-state index in [2.05, 4.69) is 6.07 Å². The van der Waals surface area contributed by atoms with Gasteiger partial charge in [0.2, 0.25) is 5.91 Å². The molecule has 2 unspecified atom stereocenters. The van der Waals surface area contributed by atoms with Crippen molar-refractivity contribution in [3.63, 3.8) is 0 Å². The minimum Gasteiger partial charge on any atom is -0.323 e. The topological polar surface area (TPSA) is 70.1 Å². The Kier molecular flexibility index (Phi) is 3.15. The maximum atomic E-state index is 12.1. The summed E-state index contributed by atoms with van der Waals surface area (Å²) in [6.45, 7) is 2.00. The van der Waals surface area contributed by atoms with Crippen molar-refractivity contribution in [3.05, 3.63) is 0 Å². The van der Waals surface area contributed by atoms with E-state index in [1.807, 2.05) is 6.92 Å². The lowest BCUT2D eigenvalue weighted by Crippen LogP contribution is -2.48. The van der Waals surface area contributed by atoms with Gasteiger partial charge in [-0.2, -0.15) is 5.26 Å². The Hall–Kier alpha value is -1.08. The largest absolute Gasteiger partial charge is 0.323 e. The molecular weight excluding hydrogens is 202 g/mol. The van der Waals surface area contributed by atoms with Crippen LogP contribution in [0.4, 0.5) is 0 Å². The maximum absolute atomic E-state index is 12.1. The van der Waals surface area contributed by atoms with Gasteiger partial charge in [0.1, 0.15) is 6.04 Å². The van der Waals surface area contributed by atoms with Crippen LogP contribution in [0.3, 0.4) is 0 Å². The van der Waals surface area contributed by atoms with Crippen molar-refractivity contribution in [2.24, 2.45) is 11.7 Å². The Morgan fingerprint density at radius 1 is 1.50 bits per heavy atom. The molecule has 0 spiro atoms. The molecule has 2 N–H and O–H groups in total. The van der Waals surface area contributed by atoms with Crippen LogP contribution in [0.15, 0.2) is 0 Å². The standard InChI is InChI=1S/C12H19N3O/c1-8-2-5-10(7-13)15(8)12(16)11(14)6-9-3-4-9/h8-11H,2-6,14H2,1H3/t8?,10?,11-/m0/s1. The van der Waals surface area contributed by atoms with Crippen LogP contribution in [-0.2, 0) is 4.79 Å². The fourth-order valence-electron chi connectivity index (χ4n) is 2.49. The van der Waals surface area contributed by atoms with Gasteiger partial charge in [-0.05, 0) is 32.1 Å². The predicted molar refractivity (Wildman–Crippen MR) is 60.3 cm³/mol. The summed E-state index contributed by atoms with van der Waals surface area (Å²) in [5.74, 6) is 0.626. The quantitative estimate of drug-likeness (QED) is 0.773. The average molecular weight is 221 g/mol. The number of nitriles is 1. The third-order valence-electron chi connectivity index (χ3n) is 3.67. The van der Waals surface area contributed by atoms with Crippen LogP contribution in [0.2, 0.25) is 0 Å². The molecule has 3 atom stereocenters. The highest BCUT2D eigenvalue weighted by Crippen LogP contribution is 2.34. The van der Waals surface area contributed by atoms with Crippen LogP contribution in [0.25, 0.3) is 0 Å². The van der Waals surface area contributed by atoms with Gasteiger partial charge in [-0.1, -0.05) is 12.8 Å². The molecule has 16 heavy (non-hydrogen) atoms. The molecule has 0 aromatic rings.